The summed E-state index contributed by atoms with van der Waals surface area (Å²) in [5, 5.41) is 0. The monoisotopic (exact) mass is 196 g/mol. The van der Waals surface area contributed by atoms with Gasteiger partial charge in [0.2, 0.25) is 5.91 Å². The van der Waals surface area contributed by atoms with E-state index in [-0.39, 0.29) is 0 Å². The van der Waals surface area contributed by atoms with Crippen LogP contribution < -0.4 is 5.73 Å². The van der Waals surface area contributed by atoms with Gasteiger partial charge in [-0.1, -0.05) is 0 Å². The van der Waals surface area contributed by atoms with Crippen LogP contribution in [-0.2, 0) is 4.79 Å². The maximum absolute atomic E-state index is 11.9. The van der Waals surface area contributed by atoms with E-state index in [4.69, 9.17) is 5.73 Å². The molecular formula is C11H20N2O. The van der Waals surface area contributed by atoms with Crippen molar-refractivity contribution in [3.8, 4) is 0 Å². The molecule has 0 radical (unpaired) electrons. The van der Waals surface area contributed by atoms with Gasteiger partial charge in [-0.05, 0) is 44.1 Å². The Morgan fingerprint density at radius 1 is 1.36 bits per heavy atom. The predicted molar refractivity (Wildman–Crippen MR) is 55.6 cm³/mol. The Balaban J connectivity index is 1.76. The molecule has 2 atom stereocenters. The Hall–Kier alpha value is -0.570. The van der Waals surface area contributed by atoms with Gasteiger partial charge in [0.1, 0.15) is 0 Å². The number of rotatable bonds is 4. The Bertz CT molecular complexity index is 219. The maximum Gasteiger partial charge on any atom is 0.225 e. The van der Waals surface area contributed by atoms with Crippen molar-refractivity contribution >= 4 is 5.91 Å². The van der Waals surface area contributed by atoms with Gasteiger partial charge in [-0.25, -0.2) is 0 Å². The summed E-state index contributed by atoms with van der Waals surface area (Å²) in [5.74, 6) is 2.48. The molecule has 80 valence electrons. The largest absolute Gasteiger partial charge is 0.345 e. The molecule has 2 aliphatic carbocycles. The van der Waals surface area contributed by atoms with Gasteiger partial charge in [-0.3, -0.25) is 4.79 Å². The second-order valence-electron chi connectivity index (χ2n) is 4.83. The molecule has 0 aromatic carbocycles. The molecule has 2 fully saturated rings. The first kappa shape index (κ1) is 9.97. The molecule has 2 aliphatic rings. The normalized spacial score (nSPS) is 34.0. The SMILES string of the molecule is CN(CCCN)C(=O)C1CC2CC2C1. The molecule has 0 aliphatic heterocycles. The molecule has 0 heterocycles. The lowest BCUT2D eigenvalue weighted by atomic mass is 10.0. The quantitative estimate of drug-likeness (QED) is 0.724. The van der Waals surface area contributed by atoms with Crippen LogP contribution in [0.25, 0.3) is 0 Å². The van der Waals surface area contributed by atoms with E-state index >= 15 is 0 Å². The lowest BCUT2D eigenvalue weighted by molar-refractivity contribution is -0.134. The van der Waals surface area contributed by atoms with Crippen molar-refractivity contribution in [2.75, 3.05) is 20.1 Å². The number of fused-ring (bicyclic) bond motifs is 1. The highest BCUT2D eigenvalue weighted by molar-refractivity contribution is 5.79. The van der Waals surface area contributed by atoms with Crippen LogP contribution in [-0.4, -0.2) is 30.9 Å². The third-order valence-electron chi connectivity index (χ3n) is 3.67. The van der Waals surface area contributed by atoms with Gasteiger partial charge in [-0.2, -0.15) is 0 Å². The van der Waals surface area contributed by atoms with Crippen LogP contribution in [0.3, 0.4) is 0 Å². The smallest absolute Gasteiger partial charge is 0.225 e. The van der Waals surface area contributed by atoms with E-state index in [0.29, 0.717) is 18.4 Å². The number of amides is 1. The summed E-state index contributed by atoms with van der Waals surface area (Å²) in [6, 6.07) is 0. The molecule has 0 spiro atoms. The first-order valence-corrected chi connectivity index (χ1v) is 5.67. The van der Waals surface area contributed by atoms with Crippen LogP contribution in [0.4, 0.5) is 0 Å². The van der Waals surface area contributed by atoms with E-state index in [9.17, 15) is 4.79 Å². The van der Waals surface area contributed by atoms with Crippen LogP contribution in [0.1, 0.15) is 25.7 Å². The fourth-order valence-electron chi connectivity index (χ4n) is 2.67. The van der Waals surface area contributed by atoms with Crippen molar-refractivity contribution in [2.24, 2.45) is 23.5 Å². The molecule has 14 heavy (non-hydrogen) atoms. The van der Waals surface area contributed by atoms with Crippen LogP contribution >= 0.6 is 0 Å². The first-order valence-electron chi connectivity index (χ1n) is 5.67. The van der Waals surface area contributed by atoms with Crippen LogP contribution in [0.15, 0.2) is 0 Å². The van der Waals surface area contributed by atoms with Gasteiger partial charge in [-0.15, -0.1) is 0 Å². The van der Waals surface area contributed by atoms with Gasteiger partial charge in [0, 0.05) is 19.5 Å². The maximum atomic E-state index is 11.9. The molecule has 0 aromatic rings. The molecule has 3 heteroatoms. The number of carbonyl (C=O) groups excluding carboxylic acids is 1. The minimum absolute atomic E-state index is 0.335. The van der Waals surface area contributed by atoms with Crippen molar-refractivity contribution in [3.05, 3.63) is 0 Å². The molecule has 1 amide bonds. The van der Waals surface area contributed by atoms with Gasteiger partial charge in [0.05, 0.1) is 0 Å². The van der Waals surface area contributed by atoms with Crippen molar-refractivity contribution in [1.29, 1.82) is 0 Å². The molecule has 2 N–H and O–H groups in total. The van der Waals surface area contributed by atoms with Crippen molar-refractivity contribution < 1.29 is 4.79 Å². The first-order chi connectivity index (χ1) is 6.72. The summed E-state index contributed by atoms with van der Waals surface area (Å²) in [6.45, 7) is 1.49. The molecule has 0 bridgehead atoms. The predicted octanol–water partition coefficient (Wildman–Crippen LogP) is 0.840. The lowest BCUT2D eigenvalue weighted by Gasteiger charge is -2.21. The van der Waals surface area contributed by atoms with Gasteiger partial charge in [0.15, 0.2) is 0 Å². The Labute approximate surface area is 85.6 Å². The standard InChI is InChI=1S/C11H20N2O/c1-13(4-2-3-12)11(14)10-6-8-5-9(8)7-10/h8-10H,2-7,12H2,1H3. The number of nitrogens with zero attached hydrogens (tertiary/aromatic N) is 1. The number of nitrogens with two attached hydrogens (primary N) is 1. The second-order valence-corrected chi connectivity index (χ2v) is 4.83. The summed E-state index contributed by atoms with van der Waals surface area (Å²) in [7, 11) is 1.90. The van der Waals surface area contributed by atoms with Crippen LogP contribution in [0, 0.1) is 17.8 Å². The molecule has 2 saturated carbocycles. The minimum atomic E-state index is 0.335. The minimum Gasteiger partial charge on any atom is -0.345 e. The fourth-order valence-corrected chi connectivity index (χ4v) is 2.67. The van der Waals surface area contributed by atoms with Gasteiger partial charge < -0.3 is 10.6 Å². The zero-order chi connectivity index (χ0) is 10.1. The van der Waals surface area contributed by atoms with E-state index in [1.54, 1.807) is 0 Å². The second kappa shape index (κ2) is 3.89. The molecule has 0 aromatic heterocycles. The number of carbonyl (C=O) groups is 1. The Kier molecular flexibility index (Phi) is 2.77. The number of hydrogen-bond donors (Lipinski definition) is 1. The zero-order valence-electron chi connectivity index (χ0n) is 8.91. The number of hydrogen-bond acceptors (Lipinski definition) is 2. The highest BCUT2D eigenvalue weighted by Gasteiger charge is 2.48. The third kappa shape index (κ3) is 1.92. The fraction of sp³-hybridized carbons (Fsp3) is 0.909. The van der Waals surface area contributed by atoms with E-state index in [1.165, 1.54) is 6.42 Å². The molecule has 0 saturated heterocycles. The zero-order valence-corrected chi connectivity index (χ0v) is 8.91. The summed E-state index contributed by atoms with van der Waals surface area (Å²) >= 11 is 0. The van der Waals surface area contributed by atoms with Crippen molar-refractivity contribution in [3.63, 3.8) is 0 Å². The van der Waals surface area contributed by atoms with E-state index in [2.05, 4.69) is 0 Å². The molecular weight excluding hydrogens is 176 g/mol. The van der Waals surface area contributed by atoms with E-state index in [1.807, 2.05) is 11.9 Å². The molecule has 2 rings (SSSR count). The molecule has 3 nitrogen and oxygen atoms in total. The lowest BCUT2D eigenvalue weighted by Crippen LogP contribution is -2.33. The highest BCUT2D eigenvalue weighted by Crippen LogP contribution is 2.54. The summed E-state index contributed by atoms with van der Waals surface area (Å²) in [4.78, 5) is 13.8. The summed E-state index contributed by atoms with van der Waals surface area (Å²) in [5.41, 5.74) is 5.42. The summed E-state index contributed by atoms with van der Waals surface area (Å²) in [6.07, 6.45) is 4.60. The Morgan fingerprint density at radius 2 is 2.00 bits per heavy atom. The molecule has 2 unspecified atom stereocenters. The summed E-state index contributed by atoms with van der Waals surface area (Å²) < 4.78 is 0. The topological polar surface area (TPSA) is 46.3 Å². The average Bonchev–Trinajstić information content (AvgIpc) is 2.81. The third-order valence-corrected chi connectivity index (χ3v) is 3.67. The van der Waals surface area contributed by atoms with Crippen LogP contribution in [0.2, 0.25) is 0 Å². The van der Waals surface area contributed by atoms with Gasteiger partial charge >= 0.3 is 0 Å². The average molecular weight is 196 g/mol. The van der Waals surface area contributed by atoms with Crippen molar-refractivity contribution in [1.82, 2.24) is 4.90 Å². The van der Waals surface area contributed by atoms with E-state index in [0.717, 1.165) is 37.6 Å². The van der Waals surface area contributed by atoms with Gasteiger partial charge in [0.25, 0.3) is 0 Å². The van der Waals surface area contributed by atoms with Crippen LogP contribution in [0.5, 0.6) is 0 Å². The van der Waals surface area contributed by atoms with E-state index < -0.39 is 0 Å². The highest BCUT2D eigenvalue weighted by atomic mass is 16.2. The van der Waals surface area contributed by atoms with Crippen molar-refractivity contribution in [2.45, 2.75) is 25.7 Å². The Morgan fingerprint density at radius 3 is 2.57 bits per heavy atom.